The van der Waals surface area contributed by atoms with E-state index in [1.165, 1.54) is 25.3 Å². The van der Waals surface area contributed by atoms with Crippen LogP contribution in [0.3, 0.4) is 0 Å². The number of aromatic nitrogens is 1. The van der Waals surface area contributed by atoms with Crippen LogP contribution in [0.25, 0.3) is 20.8 Å². The van der Waals surface area contributed by atoms with Gasteiger partial charge in [0, 0.05) is 5.56 Å². The molecule has 31 heavy (non-hydrogen) atoms. The van der Waals surface area contributed by atoms with Crippen molar-refractivity contribution in [1.82, 2.24) is 4.98 Å². The summed E-state index contributed by atoms with van der Waals surface area (Å²) in [6, 6.07) is 15.6. The van der Waals surface area contributed by atoms with E-state index in [1.54, 1.807) is 24.5 Å². The van der Waals surface area contributed by atoms with Crippen molar-refractivity contribution in [2.75, 3.05) is 18.9 Å². The number of halogens is 1. The molecule has 0 atom stereocenters. The Hall–Kier alpha value is -2.81. The monoisotopic (exact) mass is 474 g/mol. The minimum atomic E-state index is -3.81. The second-order valence-corrected chi connectivity index (χ2v) is 9.90. The molecule has 0 bridgehead atoms. The summed E-state index contributed by atoms with van der Waals surface area (Å²) >= 11 is 7.63. The van der Waals surface area contributed by atoms with E-state index < -0.39 is 10.0 Å². The molecule has 9 heteroatoms. The van der Waals surface area contributed by atoms with Crippen molar-refractivity contribution >= 4 is 48.9 Å². The number of fused-ring (bicyclic) bond motifs is 1. The average molecular weight is 475 g/mol. The zero-order chi connectivity index (χ0) is 22.2. The van der Waals surface area contributed by atoms with Crippen LogP contribution >= 0.6 is 22.9 Å². The predicted octanol–water partition coefficient (Wildman–Crippen LogP) is 5.74. The predicted molar refractivity (Wildman–Crippen MR) is 125 cm³/mol. The number of aryl methyl sites for hydroxylation is 1. The van der Waals surface area contributed by atoms with Crippen LogP contribution in [0.2, 0.25) is 5.02 Å². The van der Waals surface area contributed by atoms with Gasteiger partial charge < -0.3 is 9.47 Å². The molecular formula is C22H19ClN2O4S2. The number of hydrogen-bond donors (Lipinski definition) is 1. The Morgan fingerprint density at radius 3 is 2.48 bits per heavy atom. The van der Waals surface area contributed by atoms with Gasteiger partial charge in [-0.3, -0.25) is 4.72 Å². The summed E-state index contributed by atoms with van der Waals surface area (Å²) in [5.41, 5.74) is 3.06. The number of thiazole rings is 1. The lowest BCUT2D eigenvalue weighted by molar-refractivity contribution is 0.414. The summed E-state index contributed by atoms with van der Waals surface area (Å²) in [6.45, 7) is 1.85. The van der Waals surface area contributed by atoms with Gasteiger partial charge in [0.25, 0.3) is 10.0 Å². The van der Waals surface area contributed by atoms with E-state index in [-0.39, 0.29) is 9.92 Å². The molecule has 0 saturated heterocycles. The summed E-state index contributed by atoms with van der Waals surface area (Å²) in [6.07, 6.45) is 0. The van der Waals surface area contributed by atoms with Crippen LogP contribution in [0.15, 0.2) is 59.5 Å². The fraction of sp³-hybridized carbons (Fsp3) is 0.136. The molecule has 4 rings (SSSR count). The third-order valence-corrected chi connectivity index (χ3v) is 7.47. The van der Waals surface area contributed by atoms with E-state index in [9.17, 15) is 8.42 Å². The van der Waals surface area contributed by atoms with Crippen LogP contribution in [-0.4, -0.2) is 27.6 Å². The maximum atomic E-state index is 12.8. The third kappa shape index (κ3) is 4.32. The van der Waals surface area contributed by atoms with Gasteiger partial charge in [0.15, 0.2) is 0 Å². The number of anilines is 1. The van der Waals surface area contributed by atoms with Gasteiger partial charge in [-0.1, -0.05) is 11.6 Å². The number of hydrogen-bond acceptors (Lipinski definition) is 6. The molecule has 1 N–H and O–H groups in total. The number of sulfonamides is 1. The van der Waals surface area contributed by atoms with Gasteiger partial charge in [-0.15, -0.1) is 11.3 Å². The Kier molecular flexibility index (Phi) is 5.79. The van der Waals surface area contributed by atoms with E-state index >= 15 is 0 Å². The highest BCUT2D eigenvalue weighted by molar-refractivity contribution is 7.92. The Morgan fingerprint density at radius 1 is 1.00 bits per heavy atom. The Bertz CT molecular complexity index is 1380. The molecule has 3 aromatic carbocycles. The Balaban J connectivity index is 1.62. The average Bonchev–Trinajstić information content (AvgIpc) is 3.18. The van der Waals surface area contributed by atoms with Crippen molar-refractivity contribution < 1.29 is 17.9 Å². The highest BCUT2D eigenvalue weighted by atomic mass is 35.5. The van der Waals surface area contributed by atoms with Crippen molar-refractivity contribution in [2.24, 2.45) is 0 Å². The molecule has 0 unspecified atom stereocenters. The fourth-order valence-corrected chi connectivity index (χ4v) is 5.55. The molecule has 0 saturated carbocycles. The molecule has 160 valence electrons. The number of nitrogens with one attached hydrogen (secondary N) is 1. The molecule has 4 aromatic rings. The summed E-state index contributed by atoms with van der Waals surface area (Å²) in [5, 5.41) is 1.08. The van der Waals surface area contributed by atoms with Gasteiger partial charge in [-0.25, -0.2) is 13.4 Å². The van der Waals surface area contributed by atoms with Crippen molar-refractivity contribution in [2.45, 2.75) is 11.8 Å². The van der Waals surface area contributed by atoms with E-state index in [2.05, 4.69) is 9.71 Å². The third-order valence-electron chi connectivity index (χ3n) is 4.75. The quantitative estimate of drug-likeness (QED) is 0.385. The smallest absolute Gasteiger partial charge is 0.261 e. The van der Waals surface area contributed by atoms with Gasteiger partial charge in [-0.05, 0) is 67.1 Å². The lowest BCUT2D eigenvalue weighted by atomic mass is 10.1. The van der Waals surface area contributed by atoms with Crippen LogP contribution in [0.1, 0.15) is 5.56 Å². The summed E-state index contributed by atoms with van der Waals surface area (Å²) in [4.78, 5) is 4.73. The zero-order valence-corrected chi connectivity index (χ0v) is 19.4. The summed E-state index contributed by atoms with van der Waals surface area (Å²) in [5.74, 6) is 1.19. The molecule has 0 radical (unpaired) electrons. The minimum Gasteiger partial charge on any atom is -0.497 e. The zero-order valence-electron chi connectivity index (χ0n) is 17.0. The maximum Gasteiger partial charge on any atom is 0.261 e. The van der Waals surface area contributed by atoms with E-state index in [0.717, 1.165) is 32.1 Å². The molecule has 6 nitrogen and oxygen atoms in total. The molecule has 1 aromatic heterocycles. The highest BCUT2D eigenvalue weighted by Crippen LogP contribution is 2.34. The van der Waals surface area contributed by atoms with Crippen molar-refractivity contribution in [3.63, 3.8) is 0 Å². The molecular weight excluding hydrogens is 456 g/mol. The SMILES string of the molecule is COc1ccc2nc(-c3ccc(NS(=O)(=O)c4ccc(OC)c(Cl)c4)c(C)c3)sc2c1. The minimum absolute atomic E-state index is 0.0573. The second-order valence-electron chi connectivity index (χ2n) is 6.78. The first-order valence-corrected chi connectivity index (χ1v) is 11.9. The molecule has 0 fully saturated rings. The van der Waals surface area contributed by atoms with Gasteiger partial charge in [-0.2, -0.15) is 0 Å². The number of methoxy groups -OCH3 is 2. The van der Waals surface area contributed by atoms with Crippen molar-refractivity contribution in [1.29, 1.82) is 0 Å². The lowest BCUT2D eigenvalue weighted by Crippen LogP contribution is -2.13. The van der Waals surface area contributed by atoms with E-state index in [0.29, 0.717) is 11.4 Å². The largest absolute Gasteiger partial charge is 0.497 e. The lowest BCUT2D eigenvalue weighted by Gasteiger charge is -2.12. The first-order valence-electron chi connectivity index (χ1n) is 9.22. The maximum absolute atomic E-state index is 12.8. The molecule has 1 heterocycles. The normalized spacial score (nSPS) is 11.5. The van der Waals surface area contributed by atoms with Gasteiger partial charge in [0.2, 0.25) is 0 Å². The Labute approximate surface area is 189 Å². The van der Waals surface area contributed by atoms with Crippen LogP contribution in [0.5, 0.6) is 11.5 Å². The number of ether oxygens (including phenoxy) is 2. The second kappa shape index (κ2) is 8.37. The molecule has 0 amide bonds. The van der Waals surface area contributed by atoms with Crippen LogP contribution in [0, 0.1) is 6.92 Å². The summed E-state index contributed by atoms with van der Waals surface area (Å²) in [7, 11) is -0.702. The van der Waals surface area contributed by atoms with Gasteiger partial charge in [0.1, 0.15) is 16.5 Å². The highest BCUT2D eigenvalue weighted by Gasteiger charge is 2.18. The van der Waals surface area contributed by atoms with Crippen LogP contribution in [0.4, 0.5) is 5.69 Å². The molecule has 0 aliphatic carbocycles. The van der Waals surface area contributed by atoms with Crippen LogP contribution < -0.4 is 14.2 Å². The number of benzene rings is 3. The number of rotatable bonds is 6. The Morgan fingerprint density at radius 2 is 1.81 bits per heavy atom. The van der Waals surface area contributed by atoms with Crippen molar-refractivity contribution in [3.8, 4) is 22.1 Å². The van der Waals surface area contributed by atoms with Crippen LogP contribution in [-0.2, 0) is 10.0 Å². The molecule has 0 aliphatic heterocycles. The van der Waals surface area contributed by atoms with E-state index in [4.69, 9.17) is 21.1 Å². The number of nitrogens with zero attached hydrogens (tertiary/aromatic N) is 1. The molecule has 0 aliphatic rings. The van der Waals surface area contributed by atoms with E-state index in [1.807, 2.05) is 37.3 Å². The van der Waals surface area contributed by atoms with Gasteiger partial charge in [0.05, 0.1) is 40.0 Å². The summed E-state index contributed by atoms with van der Waals surface area (Å²) < 4.78 is 39.6. The standard InChI is InChI=1S/C22H19ClN2O4S2/c1-13-10-14(22-24-19-8-5-15(28-2)11-21(19)30-22)4-7-18(13)25-31(26,27)16-6-9-20(29-3)17(23)12-16/h4-12,25H,1-3H3. The molecule has 0 spiro atoms. The van der Waals surface area contributed by atoms with Gasteiger partial charge >= 0.3 is 0 Å². The topological polar surface area (TPSA) is 77.5 Å². The first-order chi connectivity index (χ1) is 14.8. The van der Waals surface area contributed by atoms with Crippen molar-refractivity contribution in [3.05, 3.63) is 65.2 Å². The first kappa shape index (κ1) is 21.4. The fourth-order valence-electron chi connectivity index (χ4n) is 3.08.